The van der Waals surface area contributed by atoms with Crippen LogP contribution >= 0.6 is 0 Å². The summed E-state index contributed by atoms with van der Waals surface area (Å²) >= 11 is 0. The van der Waals surface area contributed by atoms with Gasteiger partial charge in [-0.15, -0.1) is 0 Å². The molecule has 0 aliphatic carbocycles. The Kier molecular flexibility index (Phi) is 14.2. The maximum Gasteiger partial charge on any atom is -0.00196 e. The van der Waals surface area contributed by atoms with E-state index in [4.69, 9.17) is 0 Å². The van der Waals surface area contributed by atoms with Crippen molar-refractivity contribution in [1.29, 1.82) is 0 Å². The highest BCUT2D eigenvalue weighted by atomic mass is 14.1. The third-order valence-corrected chi connectivity index (χ3v) is 6.10. The zero-order valence-corrected chi connectivity index (χ0v) is 22.4. The van der Waals surface area contributed by atoms with E-state index >= 15 is 0 Å². The molecule has 0 aliphatic heterocycles. The van der Waals surface area contributed by atoms with E-state index in [0.29, 0.717) is 0 Å². The summed E-state index contributed by atoms with van der Waals surface area (Å²) in [5.74, 6) is 0. The Bertz CT molecular complexity index is 1020. The van der Waals surface area contributed by atoms with Crippen LogP contribution in [0.4, 0.5) is 0 Å². The molecule has 0 heteroatoms. The van der Waals surface area contributed by atoms with E-state index in [1.807, 2.05) is 0 Å². The third kappa shape index (κ3) is 9.58. The van der Waals surface area contributed by atoms with E-state index in [-0.39, 0.29) is 0 Å². The first kappa shape index (κ1) is 28.7. The van der Waals surface area contributed by atoms with Gasteiger partial charge >= 0.3 is 0 Å². The van der Waals surface area contributed by atoms with E-state index in [2.05, 4.69) is 103 Å². The van der Waals surface area contributed by atoms with Crippen molar-refractivity contribution in [2.45, 2.75) is 99.3 Å². The molecule has 0 nitrogen and oxygen atoms in total. The minimum Gasteiger partial charge on any atom is -0.0911 e. The summed E-state index contributed by atoms with van der Waals surface area (Å²) in [5, 5.41) is 4.87. The van der Waals surface area contributed by atoms with Gasteiger partial charge in [0.15, 0.2) is 0 Å². The van der Waals surface area contributed by atoms with Crippen molar-refractivity contribution in [1.82, 2.24) is 0 Å². The molecule has 0 saturated heterocycles. The summed E-state index contributed by atoms with van der Waals surface area (Å²) in [5.41, 5.74) is 5.33. The fraction of sp³-hybridized carbons (Fsp3) is 0.455. The Hall–Kier alpha value is -2.34. The molecule has 0 saturated carbocycles. The zero-order chi connectivity index (χ0) is 24.6. The van der Waals surface area contributed by atoms with Crippen LogP contribution in [0.15, 0.2) is 48.5 Å². The molecule has 3 aromatic rings. The number of aryl methyl sites for hydroxylation is 2. The predicted molar refractivity (Wildman–Crippen MR) is 153 cm³/mol. The van der Waals surface area contributed by atoms with Gasteiger partial charge in [-0.1, -0.05) is 140 Å². The topological polar surface area (TPSA) is 0 Å². The molecule has 0 unspecified atom stereocenters. The maximum atomic E-state index is 4.41. The maximum absolute atomic E-state index is 4.41. The molecule has 0 heterocycles. The lowest BCUT2D eigenvalue weighted by molar-refractivity contribution is 0.719. The average Bonchev–Trinajstić information content (AvgIpc) is 2.84. The van der Waals surface area contributed by atoms with Crippen molar-refractivity contribution in [3.8, 4) is 0 Å². The Labute approximate surface area is 204 Å². The minimum absolute atomic E-state index is 0.914. The molecule has 0 amide bonds. The summed E-state index contributed by atoms with van der Waals surface area (Å²) in [6.07, 6.45) is 11.1. The molecule has 180 valence electrons. The largest absolute Gasteiger partial charge is 0.0911 e. The number of hydrogen-bond donors (Lipinski definition) is 0. The average molecular weight is 445 g/mol. The Morgan fingerprint density at radius 1 is 0.667 bits per heavy atom. The molecule has 0 aromatic heterocycles. The zero-order valence-electron chi connectivity index (χ0n) is 22.4. The van der Waals surface area contributed by atoms with Crippen molar-refractivity contribution in [3.05, 3.63) is 81.2 Å². The van der Waals surface area contributed by atoms with Gasteiger partial charge in [-0.2, -0.15) is 0 Å². The van der Waals surface area contributed by atoms with Crippen LogP contribution in [0.5, 0.6) is 0 Å². The molecule has 0 fully saturated rings. The Morgan fingerprint density at radius 2 is 1.27 bits per heavy atom. The van der Waals surface area contributed by atoms with E-state index in [1.54, 1.807) is 0 Å². The monoisotopic (exact) mass is 444 g/mol. The number of fused-ring (bicyclic) bond motifs is 1. The fourth-order valence-electron chi connectivity index (χ4n) is 3.63. The highest BCUT2D eigenvalue weighted by Gasteiger charge is 2.07. The van der Waals surface area contributed by atoms with Crippen molar-refractivity contribution in [3.63, 3.8) is 0 Å². The molecule has 0 aliphatic rings. The van der Waals surface area contributed by atoms with Crippen LogP contribution in [0, 0.1) is 6.92 Å². The molecule has 0 radical (unpaired) electrons. The summed E-state index contributed by atoms with van der Waals surface area (Å²) in [6.45, 7) is 21.9. The number of unbranched alkanes of at least 4 members (excludes halogenated alkanes) is 4. The van der Waals surface area contributed by atoms with Crippen molar-refractivity contribution >= 4 is 23.9 Å². The Morgan fingerprint density at radius 3 is 1.82 bits per heavy atom. The number of hydrogen-bond acceptors (Lipinski definition) is 0. The predicted octanol–water partition coefficient (Wildman–Crippen LogP) is 8.91. The smallest absolute Gasteiger partial charge is 0.00196 e. The SMILES string of the molecule is C=c1c(Cc2ccc(C)cc2)cc(=C)c2c(CCCCC)cccc12.CCCC.CCCC. The van der Waals surface area contributed by atoms with Crippen molar-refractivity contribution < 1.29 is 0 Å². The Balaban J connectivity index is 0.000000591. The van der Waals surface area contributed by atoms with Gasteiger partial charge in [0.05, 0.1) is 0 Å². The standard InChI is InChI=1S/C25H28.2C4H10/c1-5-6-7-9-22-10-8-11-24-20(4)23(16-19(3)25(22)24)17-21-14-12-18(2)13-15-21;2*1-3-4-2/h8,10-16H,3-7,9,17H2,1-2H3;2*3-4H2,1-2H3. The third-order valence-electron chi connectivity index (χ3n) is 6.10. The normalized spacial score (nSPS) is 10.2. The van der Waals surface area contributed by atoms with Gasteiger partial charge in [-0.25, -0.2) is 0 Å². The van der Waals surface area contributed by atoms with Crippen LogP contribution in [0.25, 0.3) is 23.9 Å². The van der Waals surface area contributed by atoms with E-state index in [0.717, 1.165) is 23.3 Å². The van der Waals surface area contributed by atoms with Crippen LogP contribution < -0.4 is 10.4 Å². The first-order chi connectivity index (χ1) is 15.9. The van der Waals surface area contributed by atoms with E-state index in [1.165, 1.54) is 78.0 Å². The van der Waals surface area contributed by atoms with Gasteiger partial charge in [0.2, 0.25) is 0 Å². The molecular weight excluding hydrogens is 396 g/mol. The van der Waals surface area contributed by atoms with Crippen LogP contribution in [-0.2, 0) is 12.8 Å². The second-order valence-electron chi connectivity index (χ2n) is 9.13. The first-order valence-electron chi connectivity index (χ1n) is 13.2. The molecular formula is C33H48. The van der Waals surface area contributed by atoms with Crippen molar-refractivity contribution in [2.75, 3.05) is 0 Å². The molecule has 3 aromatic carbocycles. The first-order valence-corrected chi connectivity index (χ1v) is 13.2. The molecule has 0 spiro atoms. The van der Waals surface area contributed by atoms with E-state index < -0.39 is 0 Å². The van der Waals surface area contributed by atoms with Crippen LogP contribution in [0.3, 0.4) is 0 Å². The molecule has 0 N–H and O–H groups in total. The van der Waals surface area contributed by atoms with E-state index in [9.17, 15) is 0 Å². The summed E-state index contributed by atoms with van der Waals surface area (Å²) < 4.78 is 0. The second-order valence-corrected chi connectivity index (χ2v) is 9.13. The van der Waals surface area contributed by atoms with Gasteiger partial charge < -0.3 is 0 Å². The number of rotatable bonds is 8. The lowest BCUT2D eigenvalue weighted by Gasteiger charge is -2.11. The van der Waals surface area contributed by atoms with Crippen LogP contribution in [-0.4, -0.2) is 0 Å². The van der Waals surface area contributed by atoms with Gasteiger partial charge in [0, 0.05) is 0 Å². The number of benzene rings is 3. The molecule has 0 atom stereocenters. The highest BCUT2D eigenvalue weighted by molar-refractivity contribution is 5.87. The van der Waals surface area contributed by atoms with Crippen LogP contribution in [0.1, 0.15) is 102 Å². The van der Waals surface area contributed by atoms with Gasteiger partial charge in [-0.05, 0) is 64.1 Å². The van der Waals surface area contributed by atoms with Crippen LogP contribution in [0.2, 0.25) is 0 Å². The lowest BCUT2D eigenvalue weighted by atomic mass is 9.93. The minimum atomic E-state index is 0.914. The lowest BCUT2D eigenvalue weighted by Crippen LogP contribution is -2.17. The highest BCUT2D eigenvalue weighted by Crippen LogP contribution is 2.17. The molecule has 0 bridgehead atoms. The fourth-order valence-corrected chi connectivity index (χ4v) is 3.63. The molecule has 3 rings (SSSR count). The van der Waals surface area contributed by atoms with Gasteiger partial charge in [0.25, 0.3) is 0 Å². The molecule has 33 heavy (non-hydrogen) atoms. The van der Waals surface area contributed by atoms with Crippen molar-refractivity contribution in [2.24, 2.45) is 0 Å². The summed E-state index contributed by atoms with van der Waals surface area (Å²) in [4.78, 5) is 0. The second kappa shape index (κ2) is 16.3. The quantitative estimate of drug-likeness (QED) is 0.304. The summed E-state index contributed by atoms with van der Waals surface area (Å²) in [7, 11) is 0. The summed E-state index contributed by atoms with van der Waals surface area (Å²) in [6, 6.07) is 17.7. The van der Waals surface area contributed by atoms with Gasteiger partial charge in [-0.3, -0.25) is 0 Å². The van der Waals surface area contributed by atoms with Gasteiger partial charge in [0.1, 0.15) is 0 Å².